The monoisotopic (exact) mass is 995 g/mol. The van der Waals surface area contributed by atoms with Gasteiger partial charge in [0.05, 0.1) is 57.2 Å². The number of likely N-dealkylation sites (N-methyl/N-ethyl adjacent to an activating group) is 1. The average Bonchev–Trinajstić information content (AvgIpc) is 3.33. The zero-order chi connectivity index (χ0) is 51.8. The fourth-order valence-electron chi connectivity index (χ4n) is 7.32. The van der Waals surface area contributed by atoms with Gasteiger partial charge in [-0.15, -0.1) is 0 Å². The van der Waals surface area contributed by atoms with E-state index in [0.717, 1.165) is 51.4 Å². The summed E-state index contributed by atoms with van der Waals surface area (Å²) in [4.78, 5) is 95.9. The maximum absolute atomic E-state index is 12.7. The molecular weight excluding hydrogens is 913 g/mol. The van der Waals surface area contributed by atoms with Crippen LogP contribution in [0.3, 0.4) is 0 Å². The van der Waals surface area contributed by atoms with Gasteiger partial charge in [-0.05, 0) is 82.7 Å². The summed E-state index contributed by atoms with van der Waals surface area (Å²) in [5.41, 5.74) is 0.235. The number of aromatic carboxylic acids is 1. The van der Waals surface area contributed by atoms with Crippen molar-refractivity contribution < 1.29 is 77.4 Å². The summed E-state index contributed by atoms with van der Waals surface area (Å²) >= 11 is 0. The Hall–Kier alpha value is -5.02. The van der Waals surface area contributed by atoms with Gasteiger partial charge in [0.25, 0.3) is 0 Å². The molecule has 0 saturated heterocycles. The number of Topliss-reactive ketones (excluding diaryl/α,β-unsaturated/α-hetero) is 2. The van der Waals surface area contributed by atoms with E-state index in [2.05, 4.69) is 21.3 Å². The molecule has 1 rings (SSSR count). The molecule has 20 nitrogen and oxygen atoms in total. The van der Waals surface area contributed by atoms with E-state index < -0.39 is 54.2 Å². The minimum absolute atomic E-state index is 0.00380. The molecule has 0 aliphatic heterocycles. The summed E-state index contributed by atoms with van der Waals surface area (Å²) < 4.78 is 27.1. The largest absolute Gasteiger partial charge is 0.494 e. The quantitative estimate of drug-likeness (QED) is 0.0434. The number of amides is 3. The Balaban J connectivity index is 1.98. The Morgan fingerprint density at radius 1 is 0.557 bits per heavy atom. The molecule has 0 aliphatic carbocycles. The highest BCUT2D eigenvalue weighted by atomic mass is 16.5. The predicted molar refractivity (Wildman–Crippen MR) is 260 cm³/mol. The van der Waals surface area contributed by atoms with Crippen LogP contribution in [0.2, 0.25) is 0 Å². The summed E-state index contributed by atoms with van der Waals surface area (Å²) in [6.45, 7) is 5.54. The second-order valence-corrected chi connectivity index (χ2v) is 17.3. The molecule has 1 aromatic rings. The summed E-state index contributed by atoms with van der Waals surface area (Å²) in [6.07, 6.45) is 11.7. The lowest BCUT2D eigenvalue weighted by molar-refractivity contribution is -0.143. The number of carboxylic acid groups (broad SMARTS) is 3. The van der Waals surface area contributed by atoms with E-state index in [4.69, 9.17) is 28.8 Å². The van der Waals surface area contributed by atoms with Crippen LogP contribution in [-0.4, -0.2) is 154 Å². The first-order valence-electron chi connectivity index (χ1n) is 25.0. The molecule has 0 aromatic heterocycles. The summed E-state index contributed by atoms with van der Waals surface area (Å²) in [5, 5.41) is 38.8. The standard InChI is InChI=1S/C50H82N4O16/c1-4-15-42(51-3)47(59)37(2)34-39(49(62)63)16-11-12-25-52-44(56)24-23-43(50(64)65)54-46(58)36-69-33-31-67-29-26-53-45(57)35-68-32-30-66-27-14-18-40(55)17-10-8-6-5-7-9-13-28-70-41-21-19-38(20-22-41)48(60)61/h19-22,37,39,42-43,51H,4-18,23-36H2,1-3H3,(H,52,56)(H,53,57)(H,54,58)(H,60,61)(H,62,63)(H,64,65)/t37?,39-,42+,43+/m1/s1. The Labute approximate surface area is 413 Å². The number of ether oxygens (including phenoxy) is 5. The Morgan fingerprint density at radius 3 is 1.79 bits per heavy atom. The van der Waals surface area contributed by atoms with Crippen LogP contribution in [0.25, 0.3) is 0 Å². The molecule has 70 heavy (non-hydrogen) atoms. The maximum Gasteiger partial charge on any atom is 0.335 e. The number of carbonyl (C=O) groups is 8. The van der Waals surface area contributed by atoms with Crippen LogP contribution in [-0.2, 0) is 52.5 Å². The van der Waals surface area contributed by atoms with Crippen LogP contribution >= 0.6 is 0 Å². The number of aliphatic carboxylic acids is 2. The third-order valence-corrected chi connectivity index (χ3v) is 11.3. The zero-order valence-electron chi connectivity index (χ0n) is 41.8. The van der Waals surface area contributed by atoms with Crippen LogP contribution in [0.5, 0.6) is 5.75 Å². The Kier molecular flexibility index (Phi) is 36.6. The lowest BCUT2D eigenvalue weighted by atomic mass is 9.86. The van der Waals surface area contributed by atoms with Crippen LogP contribution < -0.4 is 26.0 Å². The molecule has 0 heterocycles. The molecule has 1 unspecified atom stereocenters. The van der Waals surface area contributed by atoms with Gasteiger partial charge in [0.15, 0.2) is 5.78 Å². The molecule has 0 aliphatic rings. The van der Waals surface area contributed by atoms with Crippen LogP contribution in [0, 0.1) is 11.8 Å². The number of rotatable bonds is 47. The molecule has 0 spiro atoms. The molecule has 1 aromatic carbocycles. The normalized spacial score (nSPS) is 12.8. The van der Waals surface area contributed by atoms with Gasteiger partial charge in [-0.2, -0.15) is 0 Å². The first-order chi connectivity index (χ1) is 33.7. The number of carboxylic acids is 3. The van der Waals surface area contributed by atoms with Crippen molar-refractivity contribution >= 4 is 47.2 Å². The van der Waals surface area contributed by atoms with Crippen LogP contribution in [0.1, 0.15) is 140 Å². The van der Waals surface area contributed by atoms with Crippen molar-refractivity contribution in [1.29, 1.82) is 0 Å². The number of benzene rings is 1. The third-order valence-electron chi connectivity index (χ3n) is 11.3. The lowest BCUT2D eigenvalue weighted by Crippen LogP contribution is -2.43. The smallest absolute Gasteiger partial charge is 0.335 e. The molecule has 20 heteroatoms. The van der Waals surface area contributed by atoms with E-state index in [1.165, 1.54) is 12.1 Å². The van der Waals surface area contributed by atoms with E-state index in [-0.39, 0.29) is 94.5 Å². The van der Waals surface area contributed by atoms with E-state index in [0.29, 0.717) is 70.5 Å². The molecule has 3 amide bonds. The number of nitrogens with one attached hydrogen (secondary N) is 4. The predicted octanol–water partition coefficient (Wildman–Crippen LogP) is 4.74. The molecule has 7 N–H and O–H groups in total. The SMILES string of the molecule is CCC[C@H](NC)C(=O)C(C)C[C@@H](CCCCNC(=O)CC[C@H](NC(=O)COCCOCCNC(=O)COCCOCCCC(=O)CCCCCCCCCOc1ccc(C(=O)O)cc1)C(=O)O)C(=O)O. The van der Waals surface area contributed by atoms with Crippen molar-refractivity contribution in [2.45, 2.75) is 142 Å². The van der Waals surface area contributed by atoms with Gasteiger partial charge in [0.2, 0.25) is 17.7 Å². The number of hydrogen-bond acceptors (Lipinski definition) is 14. The first kappa shape index (κ1) is 63.0. The minimum atomic E-state index is -1.31. The molecule has 0 saturated carbocycles. The van der Waals surface area contributed by atoms with Crippen molar-refractivity contribution in [3.63, 3.8) is 0 Å². The van der Waals surface area contributed by atoms with Crippen molar-refractivity contribution in [2.24, 2.45) is 11.8 Å². The number of ketones is 2. The topological polar surface area (TPSA) is 292 Å². The van der Waals surface area contributed by atoms with Gasteiger partial charge in [-0.25, -0.2) is 9.59 Å². The molecule has 0 bridgehead atoms. The van der Waals surface area contributed by atoms with E-state index in [1.54, 1.807) is 26.1 Å². The Morgan fingerprint density at radius 2 is 1.16 bits per heavy atom. The summed E-state index contributed by atoms with van der Waals surface area (Å²) in [6, 6.07) is 4.78. The molecule has 398 valence electrons. The second kappa shape index (κ2) is 40.7. The number of unbranched alkanes of at least 4 members (excludes halogenated alkanes) is 7. The van der Waals surface area contributed by atoms with Gasteiger partial charge < -0.3 is 60.3 Å². The number of hydrogen-bond donors (Lipinski definition) is 7. The summed E-state index contributed by atoms with van der Waals surface area (Å²) in [5.74, 6) is -4.83. The lowest BCUT2D eigenvalue weighted by Gasteiger charge is -2.21. The highest BCUT2D eigenvalue weighted by molar-refractivity contribution is 5.88. The van der Waals surface area contributed by atoms with Crippen molar-refractivity contribution in [3.8, 4) is 5.75 Å². The van der Waals surface area contributed by atoms with Crippen molar-refractivity contribution in [3.05, 3.63) is 29.8 Å². The summed E-state index contributed by atoms with van der Waals surface area (Å²) in [7, 11) is 1.72. The first-order valence-corrected chi connectivity index (χ1v) is 25.0. The number of carbonyl (C=O) groups excluding carboxylic acids is 5. The highest BCUT2D eigenvalue weighted by Gasteiger charge is 2.28. The van der Waals surface area contributed by atoms with Gasteiger partial charge >= 0.3 is 17.9 Å². The van der Waals surface area contributed by atoms with Crippen LogP contribution in [0.4, 0.5) is 0 Å². The van der Waals surface area contributed by atoms with E-state index in [1.807, 2.05) is 6.92 Å². The molecular formula is C50H82N4O16. The van der Waals surface area contributed by atoms with Crippen molar-refractivity contribution in [1.82, 2.24) is 21.3 Å². The Bertz CT molecular complexity index is 1660. The average molecular weight is 995 g/mol. The van der Waals surface area contributed by atoms with Gasteiger partial charge in [-0.1, -0.05) is 58.8 Å². The van der Waals surface area contributed by atoms with Crippen LogP contribution in [0.15, 0.2) is 24.3 Å². The van der Waals surface area contributed by atoms with E-state index in [9.17, 15) is 48.6 Å². The molecule has 0 radical (unpaired) electrons. The molecule has 0 fully saturated rings. The third kappa shape index (κ3) is 32.7. The van der Waals surface area contributed by atoms with E-state index >= 15 is 0 Å². The minimum Gasteiger partial charge on any atom is -0.494 e. The van der Waals surface area contributed by atoms with Gasteiger partial charge in [0, 0.05) is 44.9 Å². The second-order valence-electron chi connectivity index (χ2n) is 17.3. The fourth-order valence-corrected chi connectivity index (χ4v) is 7.32. The fraction of sp³-hybridized carbons (Fsp3) is 0.720. The van der Waals surface area contributed by atoms with Gasteiger partial charge in [0.1, 0.15) is 30.8 Å². The highest BCUT2D eigenvalue weighted by Crippen LogP contribution is 2.21. The zero-order valence-corrected chi connectivity index (χ0v) is 41.8. The molecule has 4 atom stereocenters. The van der Waals surface area contributed by atoms with Gasteiger partial charge in [-0.3, -0.25) is 28.8 Å². The maximum atomic E-state index is 12.7. The van der Waals surface area contributed by atoms with Crippen molar-refractivity contribution in [2.75, 3.05) is 79.6 Å².